The van der Waals surface area contributed by atoms with Gasteiger partial charge in [0.2, 0.25) is 5.91 Å². The Morgan fingerprint density at radius 3 is 2.60 bits per heavy atom. The van der Waals surface area contributed by atoms with Crippen LogP contribution in [0.3, 0.4) is 0 Å². The van der Waals surface area contributed by atoms with Crippen molar-refractivity contribution in [3.8, 4) is 0 Å². The van der Waals surface area contributed by atoms with Crippen LogP contribution in [0.2, 0.25) is 0 Å². The number of hydrogen-bond acceptors (Lipinski definition) is 4. The van der Waals surface area contributed by atoms with E-state index in [9.17, 15) is 4.79 Å². The highest BCUT2D eigenvalue weighted by atomic mass is 16.5. The van der Waals surface area contributed by atoms with E-state index in [0.29, 0.717) is 31.7 Å². The minimum Gasteiger partial charge on any atom is -0.379 e. The molecule has 5 nitrogen and oxygen atoms in total. The molecule has 0 saturated carbocycles. The van der Waals surface area contributed by atoms with E-state index in [0.717, 1.165) is 13.0 Å². The standard InChI is InChI=1S/C15H31N3O2/c1-6-16-14-10-20-9-13(14)15(19)17-8-12(18(4)5)7-11(2)3/h11-14,16H,6-10H2,1-5H3,(H,17,19). The van der Waals surface area contributed by atoms with Gasteiger partial charge in [-0.3, -0.25) is 4.79 Å². The normalized spacial score (nSPS) is 24.4. The third-order valence-electron chi connectivity index (χ3n) is 3.87. The van der Waals surface area contributed by atoms with E-state index in [1.807, 2.05) is 0 Å². The van der Waals surface area contributed by atoms with Gasteiger partial charge in [-0.25, -0.2) is 0 Å². The van der Waals surface area contributed by atoms with Gasteiger partial charge in [0.1, 0.15) is 0 Å². The number of carbonyl (C=O) groups is 1. The number of likely N-dealkylation sites (N-methyl/N-ethyl adjacent to an activating group) is 2. The monoisotopic (exact) mass is 285 g/mol. The highest BCUT2D eigenvalue weighted by Crippen LogP contribution is 2.14. The fourth-order valence-corrected chi connectivity index (χ4v) is 2.65. The molecule has 3 atom stereocenters. The molecule has 1 rings (SSSR count). The quantitative estimate of drug-likeness (QED) is 0.689. The number of hydrogen-bond donors (Lipinski definition) is 2. The Balaban J connectivity index is 2.44. The lowest BCUT2D eigenvalue weighted by Gasteiger charge is -2.27. The summed E-state index contributed by atoms with van der Waals surface area (Å²) in [5.41, 5.74) is 0. The summed E-state index contributed by atoms with van der Waals surface area (Å²) in [6.07, 6.45) is 1.09. The molecule has 1 aliphatic rings. The highest BCUT2D eigenvalue weighted by Gasteiger charge is 2.33. The van der Waals surface area contributed by atoms with Crippen LogP contribution in [0.4, 0.5) is 0 Å². The molecule has 1 fully saturated rings. The van der Waals surface area contributed by atoms with Gasteiger partial charge < -0.3 is 20.3 Å². The first-order valence-corrected chi connectivity index (χ1v) is 7.70. The van der Waals surface area contributed by atoms with Gasteiger partial charge in [0.05, 0.1) is 19.1 Å². The van der Waals surface area contributed by atoms with E-state index in [1.165, 1.54) is 0 Å². The van der Waals surface area contributed by atoms with E-state index in [2.05, 4.69) is 50.4 Å². The molecule has 3 unspecified atom stereocenters. The SMILES string of the molecule is CCNC1COCC1C(=O)NCC(CC(C)C)N(C)C. The topological polar surface area (TPSA) is 53.6 Å². The van der Waals surface area contributed by atoms with Gasteiger partial charge in [0, 0.05) is 18.6 Å². The molecular weight excluding hydrogens is 254 g/mol. The van der Waals surface area contributed by atoms with Gasteiger partial charge >= 0.3 is 0 Å². The van der Waals surface area contributed by atoms with Crippen molar-refractivity contribution in [2.75, 3.05) is 40.4 Å². The fourth-order valence-electron chi connectivity index (χ4n) is 2.65. The van der Waals surface area contributed by atoms with Crippen LogP contribution in [-0.2, 0) is 9.53 Å². The Kier molecular flexibility index (Phi) is 7.48. The molecular formula is C15H31N3O2. The van der Waals surface area contributed by atoms with Gasteiger partial charge in [0.15, 0.2) is 0 Å². The Hall–Kier alpha value is -0.650. The summed E-state index contributed by atoms with van der Waals surface area (Å²) in [5, 5.41) is 6.42. The number of nitrogens with one attached hydrogen (secondary N) is 2. The molecule has 5 heteroatoms. The van der Waals surface area contributed by atoms with Crippen molar-refractivity contribution in [2.24, 2.45) is 11.8 Å². The molecule has 20 heavy (non-hydrogen) atoms. The van der Waals surface area contributed by atoms with Crippen LogP contribution in [0.15, 0.2) is 0 Å². The lowest BCUT2D eigenvalue weighted by Crippen LogP contribution is -2.47. The van der Waals surface area contributed by atoms with Crippen molar-refractivity contribution >= 4 is 5.91 Å². The van der Waals surface area contributed by atoms with Crippen molar-refractivity contribution in [2.45, 2.75) is 39.3 Å². The largest absolute Gasteiger partial charge is 0.379 e. The number of ether oxygens (including phenoxy) is 1. The third-order valence-corrected chi connectivity index (χ3v) is 3.87. The molecule has 0 aliphatic carbocycles. The van der Waals surface area contributed by atoms with Gasteiger partial charge in [0.25, 0.3) is 0 Å². The average molecular weight is 285 g/mol. The lowest BCUT2D eigenvalue weighted by molar-refractivity contribution is -0.125. The van der Waals surface area contributed by atoms with Crippen LogP contribution < -0.4 is 10.6 Å². The van der Waals surface area contributed by atoms with Crippen molar-refractivity contribution in [1.82, 2.24) is 15.5 Å². The average Bonchev–Trinajstić information content (AvgIpc) is 2.82. The Labute approximate surface area is 123 Å². The van der Waals surface area contributed by atoms with Crippen LogP contribution in [0.25, 0.3) is 0 Å². The first-order chi connectivity index (χ1) is 9.45. The summed E-state index contributed by atoms with van der Waals surface area (Å²) in [5.74, 6) is 0.685. The molecule has 118 valence electrons. The van der Waals surface area contributed by atoms with E-state index >= 15 is 0 Å². The molecule has 0 radical (unpaired) electrons. The predicted molar refractivity (Wildman–Crippen MR) is 81.7 cm³/mol. The van der Waals surface area contributed by atoms with Crippen LogP contribution in [0.5, 0.6) is 0 Å². The van der Waals surface area contributed by atoms with Crippen molar-refractivity contribution in [3.63, 3.8) is 0 Å². The van der Waals surface area contributed by atoms with Crippen LogP contribution >= 0.6 is 0 Å². The Morgan fingerprint density at radius 1 is 1.35 bits per heavy atom. The molecule has 1 heterocycles. The Morgan fingerprint density at radius 2 is 2.05 bits per heavy atom. The molecule has 0 aromatic carbocycles. The van der Waals surface area contributed by atoms with E-state index in [4.69, 9.17) is 4.74 Å². The minimum absolute atomic E-state index is 0.0585. The maximum atomic E-state index is 12.3. The van der Waals surface area contributed by atoms with Gasteiger partial charge in [-0.15, -0.1) is 0 Å². The zero-order valence-electron chi connectivity index (χ0n) is 13.6. The number of rotatable bonds is 8. The predicted octanol–water partition coefficient (Wildman–Crippen LogP) is 0.703. The summed E-state index contributed by atoms with van der Waals surface area (Å²) in [7, 11) is 4.14. The molecule has 2 N–H and O–H groups in total. The maximum Gasteiger partial charge on any atom is 0.227 e. The second-order valence-electron chi connectivity index (χ2n) is 6.30. The van der Waals surface area contributed by atoms with Gasteiger partial charge in [-0.05, 0) is 33.0 Å². The fraction of sp³-hybridized carbons (Fsp3) is 0.933. The maximum absolute atomic E-state index is 12.3. The number of carbonyl (C=O) groups excluding carboxylic acids is 1. The second kappa shape index (κ2) is 8.60. The first-order valence-electron chi connectivity index (χ1n) is 7.70. The van der Waals surface area contributed by atoms with Crippen molar-refractivity contribution in [3.05, 3.63) is 0 Å². The summed E-state index contributed by atoms with van der Waals surface area (Å²) < 4.78 is 5.43. The number of amides is 1. The zero-order valence-corrected chi connectivity index (χ0v) is 13.6. The van der Waals surface area contributed by atoms with Crippen molar-refractivity contribution in [1.29, 1.82) is 0 Å². The van der Waals surface area contributed by atoms with Gasteiger partial charge in [-0.2, -0.15) is 0 Å². The molecule has 0 aromatic rings. The molecule has 1 amide bonds. The van der Waals surface area contributed by atoms with Crippen LogP contribution in [0.1, 0.15) is 27.2 Å². The summed E-state index contributed by atoms with van der Waals surface area (Å²) in [6.45, 7) is 9.22. The molecule has 1 aliphatic heterocycles. The van der Waals surface area contributed by atoms with Crippen molar-refractivity contribution < 1.29 is 9.53 Å². The van der Waals surface area contributed by atoms with Crippen LogP contribution in [-0.4, -0.2) is 63.3 Å². The summed E-state index contributed by atoms with van der Waals surface area (Å²) in [4.78, 5) is 14.5. The lowest BCUT2D eigenvalue weighted by atomic mass is 10.0. The van der Waals surface area contributed by atoms with E-state index < -0.39 is 0 Å². The molecule has 0 spiro atoms. The first kappa shape index (κ1) is 17.4. The smallest absolute Gasteiger partial charge is 0.227 e. The van der Waals surface area contributed by atoms with Gasteiger partial charge in [-0.1, -0.05) is 20.8 Å². The van der Waals surface area contributed by atoms with E-state index in [-0.39, 0.29) is 17.9 Å². The van der Waals surface area contributed by atoms with Crippen LogP contribution in [0, 0.1) is 11.8 Å². The third kappa shape index (κ3) is 5.38. The Bertz CT molecular complexity index is 295. The molecule has 0 bridgehead atoms. The minimum atomic E-state index is -0.0585. The summed E-state index contributed by atoms with van der Waals surface area (Å²) >= 11 is 0. The number of nitrogens with zero attached hydrogens (tertiary/aromatic N) is 1. The summed E-state index contributed by atoms with van der Waals surface area (Å²) in [6, 6.07) is 0.543. The molecule has 1 saturated heterocycles. The zero-order chi connectivity index (χ0) is 15.1. The second-order valence-corrected chi connectivity index (χ2v) is 6.30. The van der Waals surface area contributed by atoms with E-state index in [1.54, 1.807) is 0 Å². The molecule has 0 aromatic heterocycles. The highest BCUT2D eigenvalue weighted by molar-refractivity contribution is 5.79.